The molecule has 1 aromatic heterocycles. The van der Waals surface area contributed by atoms with Gasteiger partial charge in [0.2, 0.25) is 11.7 Å². The van der Waals surface area contributed by atoms with E-state index in [2.05, 4.69) is 22.4 Å². The van der Waals surface area contributed by atoms with Crippen LogP contribution in [0.1, 0.15) is 44.0 Å². The third kappa shape index (κ3) is 4.19. The van der Waals surface area contributed by atoms with Crippen molar-refractivity contribution in [2.75, 3.05) is 6.54 Å². The number of halogens is 1. The van der Waals surface area contributed by atoms with Gasteiger partial charge in [-0.2, -0.15) is 4.98 Å². The molecule has 5 nitrogen and oxygen atoms in total. The zero-order valence-corrected chi connectivity index (χ0v) is 13.3. The number of nitrogens with zero attached hydrogens (tertiary/aromatic N) is 2. The van der Waals surface area contributed by atoms with Crippen LogP contribution in [0.4, 0.5) is 0 Å². The molecule has 1 heterocycles. The quantitative estimate of drug-likeness (QED) is 0.847. The van der Waals surface area contributed by atoms with Crippen molar-refractivity contribution < 1.29 is 9.26 Å². The van der Waals surface area contributed by atoms with Crippen molar-refractivity contribution >= 4 is 11.6 Å². The Morgan fingerprint density at radius 1 is 1.38 bits per heavy atom. The highest BCUT2D eigenvalue weighted by Crippen LogP contribution is 2.29. The Bertz CT molecular complexity index is 584. The van der Waals surface area contributed by atoms with E-state index in [1.54, 1.807) is 0 Å². The predicted molar refractivity (Wildman–Crippen MR) is 81.6 cm³/mol. The van der Waals surface area contributed by atoms with Crippen molar-refractivity contribution in [3.63, 3.8) is 0 Å². The fraction of sp³-hybridized carbons (Fsp3) is 0.467. The number of hydrogen-bond acceptors (Lipinski definition) is 5. The largest absolute Gasteiger partial charge is 0.484 e. The second-order valence-electron chi connectivity index (χ2n) is 5.00. The lowest BCUT2D eigenvalue weighted by molar-refractivity contribution is 0.281. The molecule has 0 unspecified atom stereocenters. The van der Waals surface area contributed by atoms with Crippen molar-refractivity contribution in [1.82, 2.24) is 15.5 Å². The zero-order chi connectivity index (χ0) is 15.2. The van der Waals surface area contributed by atoms with Gasteiger partial charge >= 0.3 is 0 Å². The van der Waals surface area contributed by atoms with Crippen LogP contribution in [0.5, 0.6) is 5.75 Å². The van der Waals surface area contributed by atoms with Crippen LogP contribution in [0.3, 0.4) is 0 Å². The molecule has 0 fully saturated rings. The lowest BCUT2D eigenvalue weighted by atomic mass is 10.2. The van der Waals surface area contributed by atoms with Crippen LogP contribution >= 0.6 is 11.6 Å². The maximum Gasteiger partial charge on any atom is 0.229 e. The molecule has 0 radical (unpaired) electrons. The van der Waals surface area contributed by atoms with Gasteiger partial charge in [-0.3, -0.25) is 0 Å². The third-order valence-corrected chi connectivity index (χ3v) is 3.23. The minimum atomic E-state index is 0.205. The van der Waals surface area contributed by atoms with Gasteiger partial charge in [0.25, 0.3) is 0 Å². The first-order valence-electron chi connectivity index (χ1n) is 7.05. The molecule has 0 aliphatic rings. The van der Waals surface area contributed by atoms with E-state index in [1.165, 1.54) is 0 Å². The highest BCUT2D eigenvalue weighted by atomic mass is 35.5. The molecule has 0 spiro atoms. The second-order valence-corrected chi connectivity index (χ2v) is 5.41. The van der Waals surface area contributed by atoms with Gasteiger partial charge in [-0.05, 0) is 12.6 Å². The standard InChI is InChI=1S/C15H20ClN3O2/c1-4-17-8-11-6-5-7-12(16)14(11)20-9-13-18-15(10(2)3)21-19-13/h5-7,10,17H,4,8-9H2,1-3H3. The molecule has 0 aliphatic carbocycles. The molecular formula is C15H20ClN3O2. The first-order valence-corrected chi connectivity index (χ1v) is 7.43. The molecule has 6 heteroatoms. The number of hydrogen-bond donors (Lipinski definition) is 1. The number of nitrogens with one attached hydrogen (secondary N) is 1. The van der Waals surface area contributed by atoms with E-state index in [0.717, 1.165) is 12.1 Å². The molecule has 0 aliphatic heterocycles. The molecule has 0 atom stereocenters. The Kier molecular flexibility index (Phi) is 5.59. The van der Waals surface area contributed by atoms with Gasteiger partial charge in [0.05, 0.1) is 5.02 Å². The number of aromatic nitrogens is 2. The Hall–Kier alpha value is -1.59. The summed E-state index contributed by atoms with van der Waals surface area (Å²) >= 11 is 6.21. The maximum atomic E-state index is 6.21. The normalized spacial score (nSPS) is 11.1. The van der Waals surface area contributed by atoms with Crippen molar-refractivity contribution in [2.24, 2.45) is 0 Å². The average molecular weight is 310 g/mol. The summed E-state index contributed by atoms with van der Waals surface area (Å²) in [6, 6.07) is 5.70. The van der Waals surface area contributed by atoms with Gasteiger partial charge < -0.3 is 14.6 Å². The third-order valence-electron chi connectivity index (χ3n) is 2.94. The molecule has 1 aromatic carbocycles. The summed E-state index contributed by atoms with van der Waals surface area (Å²) in [6.45, 7) is 7.88. The molecule has 2 rings (SSSR count). The molecule has 0 amide bonds. The summed E-state index contributed by atoms with van der Waals surface area (Å²) in [4.78, 5) is 4.28. The van der Waals surface area contributed by atoms with E-state index in [-0.39, 0.29) is 12.5 Å². The van der Waals surface area contributed by atoms with Crippen LogP contribution in [0.25, 0.3) is 0 Å². The molecular weight excluding hydrogens is 290 g/mol. The van der Waals surface area contributed by atoms with Crippen LogP contribution in [-0.2, 0) is 13.2 Å². The van der Waals surface area contributed by atoms with E-state index in [1.807, 2.05) is 32.0 Å². The van der Waals surface area contributed by atoms with E-state index in [9.17, 15) is 0 Å². The minimum Gasteiger partial charge on any atom is -0.484 e. The monoisotopic (exact) mass is 309 g/mol. The van der Waals surface area contributed by atoms with Crippen LogP contribution in [0.2, 0.25) is 5.02 Å². The van der Waals surface area contributed by atoms with Crippen LogP contribution in [-0.4, -0.2) is 16.7 Å². The van der Waals surface area contributed by atoms with Gasteiger partial charge in [-0.25, -0.2) is 0 Å². The first kappa shape index (κ1) is 15.8. The van der Waals surface area contributed by atoms with E-state index in [0.29, 0.717) is 29.0 Å². The van der Waals surface area contributed by atoms with E-state index < -0.39 is 0 Å². The van der Waals surface area contributed by atoms with Gasteiger partial charge in [0.1, 0.15) is 5.75 Å². The van der Waals surface area contributed by atoms with Gasteiger partial charge in [0, 0.05) is 18.0 Å². The molecule has 2 aromatic rings. The highest BCUT2D eigenvalue weighted by molar-refractivity contribution is 6.32. The number of benzene rings is 1. The van der Waals surface area contributed by atoms with Crippen molar-refractivity contribution in [3.05, 3.63) is 40.5 Å². The summed E-state index contributed by atoms with van der Waals surface area (Å²) < 4.78 is 10.9. The smallest absolute Gasteiger partial charge is 0.229 e. The lowest BCUT2D eigenvalue weighted by Gasteiger charge is -2.12. The number of ether oxygens (including phenoxy) is 1. The Labute approximate surface area is 129 Å². The predicted octanol–water partition coefficient (Wildman–Crippen LogP) is 3.53. The van der Waals surface area contributed by atoms with Gasteiger partial charge in [-0.15, -0.1) is 0 Å². The van der Waals surface area contributed by atoms with Crippen LogP contribution in [0.15, 0.2) is 22.7 Å². The first-order chi connectivity index (χ1) is 10.1. The maximum absolute atomic E-state index is 6.21. The summed E-state index contributed by atoms with van der Waals surface area (Å²) in [5, 5.41) is 7.75. The Morgan fingerprint density at radius 2 is 2.19 bits per heavy atom. The van der Waals surface area contributed by atoms with Gasteiger partial charge in [-0.1, -0.05) is 49.7 Å². The fourth-order valence-electron chi connectivity index (χ4n) is 1.81. The SMILES string of the molecule is CCNCc1cccc(Cl)c1OCc1noc(C(C)C)n1. The molecule has 1 N–H and O–H groups in total. The average Bonchev–Trinajstić information content (AvgIpc) is 2.93. The lowest BCUT2D eigenvalue weighted by Crippen LogP contribution is -2.13. The van der Waals surface area contributed by atoms with Crippen molar-refractivity contribution in [1.29, 1.82) is 0 Å². The molecule has 0 saturated carbocycles. The topological polar surface area (TPSA) is 60.2 Å². The van der Waals surface area contributed by atoms with Crippen molar-refractivity contribution in [2.45, 2.75) is 39.8 Å². The zero-order valence-electron chi connectivity index (χ0n) is 12.5. The molecule has 114 valence electrons. The second kappa shape index (κ2) is 7.43. The minimum absolute atomic E-state index is 0.205. The van der Waals surface area contributed by atoms with Crippen LogP contribution < -0.4 is 10.1 Å². The number of para-hydroxylation sites is 1. The van der Waals surface area contributed by atoms with E-state index in [4.69, 9.17) is 20.9 Å². The number of rotatable bonds is 7. The summed E-state index contributed by atoms with van der Waals surface area (Å²) in [5.74, 6) is 2.00. The van der Waals surface area contributed by atoms with E-state index >= 15 is 0 Å². The Balaban J connectivity index is 2.07. The Morgan fingerprint density at radius 3 is 2.86 bits per heavy atom. The molecule has 21 heavy (non-hydrogen) atoms. The molecule has 0 saturated heterocycles. The highest BCUT2D eigenvalue weighted by Gasteiger charge is 2.13. The molecule has 0 bridgehead atoms. The van der Waals surface area contributed by atoms with Gasteiger partial charge in [0.15, 0.2) is 6.61 Å². The van der Waals surface area contributed by atoms with Crippen molar-refractivity contribution in [3.8, 4) is 5.75 Å². The summed E-state index contributed by atoms with van der Waals surface area (Å²) in [6.07, 6.45) is 0. The fourth-order valence-corrected chi connectivity index (χ4v) is 2.06. The summed E-state index contributed by atoms with van der Waals surface area (Å²) in [7, 11) is 0. The summed E-state index contributed by atoms with van der Waals surface area (Å²) in [5.41, 5.74) is 1.01. The van der Waals surface area contributed by atoms with Crippen LogP contribution in [0, 0.1) is 0 Å².